The average molecular weight is 394 g/mol. The van der Waals surface area contributed by atoms with Gasteiger partial charge in [-0.3, -0.25) is 19.1 Å². The van der Waals surface area contributed by atoms with Gasteiger partial charge in [0.2, 0.25) is 5.82 Å². The Morgan fingerprint density at radius 1 is 1.21 bits per heavy atom. The van der Waals surface area contributed by atoms with Gasteiger partial charge in [-0.1, -0.05) is 30.3 Å². The lowest BCUT2D eigenvalue weighted by atomic mass is 10.2. The van der Waals surface area contributed by atoms with Crippen LogP contribution in [0.5, 0.6) is 0 Å². The number of benzene rings is 1. The van der Waals surface area contributed by atoms with Crippen molar-refractivity contribution in [3.05, 3.63) is 68.7 Å². The van der Waals surface area contributed by atoms with Crippen LogP contribution in [0.4, 0.5) is 4.39 Å². The fourth-order valence-corrected chi connectivity index (χ4v) is 2.46. The Bertz CT molecular complexity index is 865. The lowest BCUT2D eigenvalue weighted by Crippen LogP contribution is -2.35. The van der Waals surface area contributed by atoms with Gasteiger partial charge in [0, 0.05) is 19.4 Å². The monoisotopic (exact) mass is 394 g/mol. The molecule has 0 fully saturated rings. The van der Waals surface area contributed by atoms with Crippen molar-refractivity contribution in [2.24, 2.45) is 0 Å². The van der Waals surface area contributed by atoms with Crippen molar-refractivity contribution in [1.29, 1.82) is 0 Å². The zero-order valence-electron chi connectivity index (χ0n) is 15.6. The highest BCUT2D eigenvalue weighted by molar-refractivity contribution is 5.68. The van der Waals surface area contributed by atoms with E-state index < -0.39 is 23.3 Å². The van der Waals surface area contributed by atoms with Crippen LogP contribution in [-0.2, 0) is 25.6 Å². The molecule has 0 aliphatic carbocycles. The Hall–Kier alpha value is -2.78. The summed E-state index contributed by atoms with van der Waals surface area (Å²) in [6, 6.07) is 9.53. The van der Waals surface area contributed by atoms with E-state index in [4.69, 9.17) is 9.47 Å². The Balaban J connectivity index is 1.97. The maximum atomic E-state index is 13.6. The predicted octanol–water partition coefficient (Wildman–Crippen LogP) is 1.75. The second-order valence-electron chi connectivity index (χ2n) is 5.98. The summed E-state index contributed by atoms with van der Waals surface area (Å²) >= 11 is 0. The number of halogens is 1. The van der Waals surface area contributed by atoms with E-state index in [0.29, 0.717) is 13.0 Å². The van der Waals surface area contributed by atoms with Gasteiger partial charge in [-0.25, -0.2) is 4.79 Å². The highest BCUT2D eigenvalue weighted by atomic mass is 19.1. The Kier molecular flexibility index (Phi) is 8.57. The van der Waals surface area contributed by atoms with E-state index >= 15 is 0 Å². The van der Waals surface area contributed by atoms with Gasteiger partial charge in [0.1, 0.15) is 6.23 Å². The van der Waals surface area contributed by atoms with Crippen LogP contribution in [0.2, 0.25) is 0 Å². The molecular weight excluding hydrogens is 371 g/mol. The number of methoxy groups -OCH3 is 1. The lowest BCUT2D eigenvalue weighted by Gasteiger charge is -2.20. The SMILES string of the molecule is COC(=O)CCCOC(CCOCc1ccccc1)n1cc(F)c(=O)[nH]c1=O. The molecule has 1 aromatic heterocycles. The molecule has 0 aliphatic heterocycles. The largest absolute Gasteiger partial charge is 0.469 e. The number of esters is 1. The molecule has 0 spiro atoms. The second-order valence-corrected chi connectivity index (χ2v) is 5.98. The first-order valence-corrected chi connectivity index (χ1v) is 8.82. The molecule has 2 rings (SSSR count). The number of nitrogens with one attached hydrogen (secondary N) is 1. The summed E-state index contributed by atoms with van der Waals surface area (Å²) < 4.78 is 30.4. The first-order valence-electron chi connectivity index (χ1n) is 8.82. The first-order chi connectivity index (χ1) is 13.5. The molecule has 1 atom stereocenters. The number of ether oxygens (including phenoxy) is 3. The van der Waals surface area contributed by atoms with E-state index in [2.05, 4.69) is 4.74 Å². The summed E-state index contributed by atoms with van der Waals surface area (Å²) in [5.41, 5.74) is -0.885. The molecule has 1 heterocycles. The molecule has 1 aromatic carbocycles. The number of nitrogens with zero attached hydrogens (tertiary/aromatic N) is 1. The quantitative estimate of drug-likeness (QED) is 0.460. The molecule has 0 amide bonds. The number of rotatable bonds is 11. The molecule has 2 aromatic rings. The molecule has 9 heteroatoms. The van der Waals surface area contributed by atoms with Crippen molar-refractivity contribution < 1.29 is 23.4 Å². The number of aromatic amines is 1. The predicted molar refractivity (Wildman–Crippen MR) is 98.2 cm³/mol. The number of aromatic nitrogens is 2. The topological polar surface area (TPSA) is 99.6 Å². The van der Waals surface area contributed by atoms with Gasteiger partial charge in [0.25, 0.3) is 5.56 Å². The molecule has 0 bridgehead atoms. The number of carbonyl (C=O) groups is 1. The molecule has 8 nitrogen and oxygen atoms in total. The van der Waals surface area contributed by atoms with Crippen LogP contribution in [0.25, 0.3) is 0 Å². The van der Waals surface area contributed by atoms with E-state index in [9.17, 15) is 18.8 Å². The third-order valence-electron chi connectivity index (χ3n) is 3.92. The zero-order chi connectivity index (χ0) is 20.4. The highest BCUT2D eigenvalue weighted by Crippen LogP contribution is 2.13. The summed E-state index contributed by atoms with van der Waals surface area (Å²) in [7, 11) is 1.29. The van der Waals surface area contributed by atoms with E-state index in [-0.39, 0.29) is 32.0 Å². The van der Waals surface area contributed by atoms with Crippen LogP contribution in [-0.4, -0.2) is 35.8 Å². The van der Waals surface area contributed by atoms with Crippen molar-refractivity contribution in [2.75, 3.05) is 20.3 Å². The Labute approximate surface area is 160 Å². The van der Waals surface area contributed by atoms with Gasteiger partial charge in [0.15, 0.2) is 0 Å². The molecule has 1 unspecified atom stereocenters. The van der Waals surface area contributed by atoms with Gasteiger partial charge in [-0.2, -0.15) is 4.39 Å². The van der Waals surface area contributed by atoms with Crippen molar-refractivity contribution in [2.45, 2.75) is 32.1 Å². The molecular formula is C19H23FN2O6. The summed E-state index contributed by atoms with van der Waals surface area (Å²) in [5.74, 6) is -1.47. The molecule has 152 valence electrons. The summed E-state index contributed by atoms with van der Waals surface area (Å²) in [6.07, 6.45) is 0.726. The Morgan fingerprint density at radius 3 is 2.68 bits per heavy atom. The summed E-state index contributed by atoms with van der Waals surface area (Å²) in [6.45, 7) is 0.764. The zero-order valence-corrected chi connectivity index (χ0v) is 15.6. The van der Waals surface area contributed by atoms with E-state index in [1.165, 1.54) is 7.11 Å². The normalized spacial score (nSPS) is 11.9. The second kappa shape index (κ2) is 11.2. The molecule has 0 saturated carbocycles. The summed E-state index contributed by atoms with van der Waals surface area (Å²) in [5, 5.41) is 0. The van der Waals surface area contributed by atoms with Gasteiger partial charge < -0.3 is 14.2 Å². The minimum atomic E-state index is -1.09. The van der Waals surface area contributed by atoms with Crippen molar-refractivity contribution in [3.63, 3.8) is 0 Å². The minimum absolute atomic E-state index is 0.144. The maximum absolute atomic E-state index is 13.6. The molecule has 0 saturated heterocycles. The van der Waals surface area contributed by atoms with Crippen LogP contribution in [0.3, 0.4) is 0 Å². The van der Waals surface area contributed by atoms with Crippen molar-refractivity contribution >= 4 is 5.97 Å². The van der Waals surface area contributed by atoms with Crippen LogP contribution in [0.15, 0.2) is 46.1 Å². The van der Waals surface area contributed by atoms with Crippen LogP contribution < -0.4 is 11.2 Å². The van der Waals surface area contributed by atoms with E-state index in [1.54, 1.807) is 0 Å². The fourth-order valence-electron chi connectivity index (χ4n) is 2.46. The third-order valence-corrected chi connectivity index (χ3v) is 3.92. The molecule has 0 aliphatic rings. The van der Waals surface area contributed by atoms with Crippen LogP contribution >= 0.6 is 0 Å². The van der Waals surface area contributed by atoms with E-state index in [1.807, 2.05) is 35.3 Å². The van der Waals surface area contributed by atoms with Crippen LogP contribution in [0, 0.1) is 5.82 Å². The minimum Gasteiger partial charge on any atom is -0.469 e. The maximum Gasteiger partial charge on any atom is 0.330 e. The number of hydrogen-bond donors (Lipinski definition) is 1. The average Bonchev–Trinajstić information content (AvgIpc) is 2.70. The number of H-pyrrole nitrogens is 1. The number of hydrogen-bond acceptors (Lipinski definition) is 6. The van der Waals surface area contributed by atoms with Gasteiger partial charge in [0.05, 0.1) is 26.5 Å². The Morgan fingerprint density at radius 2 is 1.96 bits per heavy atom. The van der Waals surface area contributed by atoms with Gasteiger partial charge in [-0.15, -0.1) is 0 Å². The number of carbonyl (C=O) groups excluding carboxylic acids is 1. The third kappa shape index (κ3) is 6.75. The standard InChI is InChI=1S/C19H23FN2O6/c1-26-17(23)8-5-10-28-16(22-12-15(20)18(24)21-19(22)25)9-11-27-13-14-6-3-2-4-7-14/h2-4,6-7,12,16H,5,8-11,13H2,1H3,(H,21,24,25). The van der Waals surface area contributed by atoms with Crippen molar-refractivity contribution in [1.82, 2.24) is 9.55 Å². The fraction of sp³-hybridized carbons (Fsp3) is 0.421. The highest BCUT2D eigenvalue weighted by Gasteiger charge is 2.16. The van der Waals surface area contributed by atoms with E-state index in [0.717, 1.165) is 16.3 Å². The molecule has 1 N–H and O–H groups in total. The van der Waals surface area contributed by atoms with Gasteiger partial charge in [-0.05, 0) is 12.0 Å². The van der Waals surface area contributed by atoms with Crippen LogP contribution in [0.1, 0.15) is 31.1 Å². The lowest BCUT2D eigenvalue weighted by molar-refractivity contribution is -0.141. The smallest absolute Gasteiger partial charge is 0.330 e. The molecule has 28 heavy (non-hydrogen) atoms. The summed E-state index contributed by atoms with van der Waals surface area (Å²) in [4.78, 5) is 36.3. The van der Waals surface area contributed by atoms with Gasteiger partial charge >= 0.3 is 11.7 Å². The molecule has 0 radical (unpaired) electrons. The first kappa shape index (κ1) is 21.5. The van der Waals surface area contributed by atoms with Crippen molar-refractivity contribution in [3.8, 4) is 0 Å².